The van der Waals surface area contributed by atoms with Gasteiger partial charge in [0.25, 0.3) is 5.92 Å². The van der Waals surface area contributed by atoms with E-state index in [1.165, 1.54) is 6.20 Å². The molecular weight excluding hydrogens is 290 g/mol. The second-order valence-electron chi connectivity index (χ2n) is 5.41. The standard InChI is InChI=1S/C15H16F2N4O/c1-9-4-10(22-11-5-15(16,17)6-11)2-3-12(9)13-7-20-14(21-18)8-19-13/h2-4,7-8,11H,5-6,18H2,1H3,(H,20,21). The molecule has 3 N–H and O–H groups in total. The average Bonchev–Trinajstić information content (AvgIpc) is 2.46. The monoisotopic (exact) mass is 306 g/mol. The smallest absolute Gasteiger partial charge is 0.255 e. The predicted molar refractivity (Wildman–Crippen MR) is 78.6 cm³/mol. The lowest BCUT2D eigenvalue weighted by atomic mass is 9.91. The molecule has 1 fully saturated rings. The Balaban J connectivity index is 1.74. The number of nitrogen functional groups attached to an aromatic ring is 1. The molecular formula is C15H16F2N4O. The molecule has 0 aliphatic heterocycles. The van der Waals surface area contributed by atoms with Crippen LogP contribution in [0.15, 0.2) is 30.6 Å². The SMILES string of the molecule is Cc1cc(OC2CC(F)(F)C2)ccc1-c1cnc(NN)cn1. The first-order valence-electron chi connectivity index (χ1n) is 6.91. The maximum absolute atomic E-state index is 12.8. The molecule has 5 nitrogen and oxygen atoms in total. The Morgan fingerprint density at radius 2 is 2.05 bits per heavy atom. The van der Waals surface area contributed by atoms with Crippen LogP contribution >= 0.6 is 0 Å². The predicted octanol–water partition coefficient (Wildman–Crippen LogP) is 2.91. The maximum atomic E-state index is 12.8. The third-order valence-corrected chi connectivity index (χ3v) is 3.63. The number of anilines is 1. The Hall–Kier alpha value is -2.28. The third-order valence-electron chi connectivity index (χ3n) is 3.63. The van der Waals surface area contributed by atoms with Gasteiger partial charge in [0.05, 0.1) is 18.1 Å². The summed E-state index contributed by atoms with van der Waals surface area (Å²) in [6, 6.07) is 5.43. The molecule has 0 atom stereocenters. The van der Waals surface area contributed by atoms with Gasteiger partial charge in [-0.3, -0.25) is 4.98 Å². The second-order valence-corrected chi connectivity index (χ2v) is 5.41. The van der Waals surface area contributed by atoms with Crippen LogP contribution in [0, 0.1) is 6.92 Å². The maximum Gasteiger partial charge on any atom is 0.255 e. The van der Waals surface area contributed by atoms with E-state index in [2.05, 4.69) is 15.4 Å². The summed E-state index contributed by atoms with van der Waals surface area (Å²) in [6.45, 7) is 1.91. The van der Waals surface area contributed by atoms with Crippen molar-refractivity contribution in [1.29, 1.82) is 0 Å². The number of halogens is 2. The lowest BCUT2D eigenvalue weighted by molar-refractivity contribution is -0.134. The minimum atomic E-state index is -2.58. The zero-order valence-electron chi connectivity index (χ0n) is 12.0. The molecule has 2 aromatic rings. The van der Waals surface area contributed by atoms with Crippen LogP contribution in [-0.4, -0.2) is 22.0 Å². The highest BCUT2D eigenvalue weighted by Crippen LogP contribution is 2.40. The van der Waals surface area contributed by atoms with Gasteiger partial charge in [0.1, 0.15) is 11.9 Å². The molecule has 0 unspecified atom stereocenters. The van der Waals surface area contributed by atoms with Gasteiger partial charge in [-0.25, -0.2) is 19.6 Å². The first-order valence-corrected chi connectivity index (χ1v) is 6.91. The quantitative estimate of drug-likeness (QED) is 0.671. The Morgan fingerprint density at radius 1 is 1.27 bits per heavy atom. The summed E-state index contributed by atoms with van der Waals surface area (Å²) >= 11 is 0. The van der Waals surface area contributed by atoms with Crippen LogP contribution in [0.2, 0.25) is 0 Å². The van der Waals surface area contributed by atoms with Gasteiger partial charge in [0.15, 0.2) is 5.82 Å². The molecule has 1 saturated carbocycles. The summed E-state index contributed by atoms with van der Waals surface area (Å²) in [4.78, 5) is 8.38. The Bertz CT molecular complexity index is 668. The number of aryl methyl sites for hydroxylation is 1. The van der Waals surface area contributed by atoms with Gasteiger partial charge in [-0.2, -0.15) is 0 Å². The van der Waals surface area contributed by atoms with Gasteiger partial charge in [-0.15, -0.1) is 0 Å². The minimum absolute atomic E-state index is 0.215. The van der Waals surface area contributed by atoms with Gasteiger partial charge in [0, 0.05) is 18.4 Å². The van der Waals surface area contributed by atoms with Gasteiger partial charge >= 0.3 is 0 Å². The fourth-order valence-electron chi connectivity index (χ4n) is 2.42. The number of aromatic nitrogens is 2. The number of nitrogens with one attached hydrogen (secondary N) is 1. The summed E-state index contributed by atoms with van der Waals surface area (Å²) in [7, 11) is 0. The van der Waals surface area contributed by atoms with E-state index < -0.39 is 12.0 Å². The van der Waals surface area contributed by atoms with Crippen molar-refractivity contribution in [2.75, 3.05) is 5.43 Å². The van der Waals surface area contributed by atoms with Crippen molar-refractivity contribution in [2.45, 2.75) is 31.8 Å². The highest BCUT2D eigenvalue weighted by Gasteiger charge is 2.46. The van der Waals surface area contributed by atoms with Gasteiger partial charge in [-0.1, -0.05) is 0 Å². The van der Waals surface area contributed by atoms with E-state index in [-0.39, 0.29) is 12.8 Å². The first kappa shape index (κ1) is 14.6. The summed E-state index contributed by atoms with van der Waals surface area (Å²) < 4.78 is 31.2. The van der Waals surface area contributed by atoms with Gasteiger partial charge in [-0.05, 0) is 30.7 Å². The molecule has 0 spiro atoms. The van der Waals surface area contributed by atoms with E-state index >= 15 is 0 Å². The van der Waals surface area contributed by atoms with E-state index in [0.717, 1.165) is 11.1 Å². The third kappa shape index (κ3) is 2.99. The fourth-order valence-corrected chi connectivity index (χ4v) is 2.42. The van der Waals surface area contributed by atoms with Crippen molar-refractivity contribution in [3.63, 3.8) is 0 Å². The van der Waals surface area contributed by atoms with Crippen molar-refractivity contribution >= 4 is 5.82 Å². The number of hydrogen-bond acceptors (Lipinski definition) is 5. The Labute approximate surface area is 126 Å². The zero-order valence-corrected chi connectivity index (χ0v) is 12.0. The number of benzene rings is 1. The largest absolute Gasteiger partial charge is 0.490 e. The molecule has 0 bridgehead atoms. The topological polar surface area (TPSA) is 73.1 Å². The lowest BCUT2D eigenvalue weighted by Crippen LogP contribution is -2.43. The Morgan fingerprint density at radius 3 is 2.59 bits per heavy atom. The molecule has 116 valence electrons. The van der Waals surface area contributed by atoms with Crippen LogP contribution in [0.25, 0.3) is 11.3 Å². The number of rotatable bonds is 4. The van der Waals surface area contributed by atoms with Gasteiger partial charge in [0.2, 0.25) is 0 Å². The van der Waals surface area contributed by atoms with Crippen molar-refractivity contribution in [1.82, 2.24) is 9.97 Å². The molecule has 3 rings (SSSR count). The Kier molecular flexibility index (Phi) is 3.66. The minimum Gasteiger partial charge on any atom is -0.490 e. The number of alkyl halides is 2. The molecule has 1 aromatic carbocycles. The van der Waals surface area contributed by atoms with Crippen molar-refractivity contribution in [3.8, 4) is 17.0 Å². The fraction of sp³-hybridized carbons (Fsp3) is 0.333. The molecule has 1 aliphatic rings. The number of ether oxygens (including phenoxy) is 1. The van der Waals surface area contributed by atoms with E-state index in [1.807, 2.05) is 19.1 Å². The number of hydrazine groups is 1. The highest BCUT2D eigenvalue weighted by atomic mass is 19.3. The summed E-state index contributed by atoms with van der Waals surface area (Å²) in [5, 5.41) is 0. The van der Waals surface area contributed by atoms with E-state index in [4.69, 9.17) is 10.6 Å². The highest BCUT2D eigenvalue weighted by molar-refractivity contribution is 5.64. The molecule has 7 heteroatoms. The summed E-state index contributed by atoms with van der Waals surface area (Å²) in [5.41, 5.74) is 4.96. The normalized spacial score (nSPS) is 16.9. The molecule has 1 aliphatic carbocycles. The molecule has 1 heterocycles. The number of hydrogen-bond donors (Lipinski definition) is 2. The van der Waals surface area contributed by atoms with Crippen LogP contribution in [0.3, 0.4) is 0 Å². The van der Waals surface area contributed by atoms with E-state index in [1.54, 1.807) is 12.3 Å². The average molecular weight is 306 g/mol. The summed E-state index contributed by atoms with van der Waals surface area (Å²) in [5.74, 6) is 3.75. The number of nitrogens with two attached hydrogens (primary N) is 1. The van der Waals surface area contributed by atoms with Crippen LogP contribution in [0.5, 0.6) is 5.75 Å². The van der Waals surface area contributed by atoms with Gasteiger partial charge < -0.3 is 10.2 Å². The van der Waals surface area contributed by atoms with Crippen molar-refractivity contribution in [3.05, 3.63) is 36.2 Å². The summed E-state index contributed by atoms with van der Waals surface area (Å²) in [6.07, 6.45) is 2.31. The van der Waals surface area contributed by atoms with Crippen LogP contribution < -0.4 is 16.0 Å². The van der Waals surface area contributed by atoms with Crippen LogP contribution in [0.4, 0.5) is 14.6 Å². The number of nitrogens with zero attached hydrogens (tertiary/aromatic N) is 2. The first-order chi connectivity index (χ1) is 10.5. The van der Waals surface area contributed by atoms with Crippen LogP contribution in [-0.2, 0) is 0 Å². The van der Waals surface area contributed by atoms with Crippen molar-refractivity contribution in [2.24, 2.45) is 5.84 Å². The van der Waals surface area contributed by atoms with E-state index in [0.29, 0.717) is 17.3 Å². The second kappa shape index (κ2) is 5.49. The molecule has 0 radical (unpaired) electrons. The molecule has 1 aromatic heterocycles. The molecule has 22 heavy (non-hydrogen) atoms. The molecule has 0 saturated heterocycles. The van der Waals surface area contributed by atoms with E-state index in [9.17, 15) is 8.78 Å². The zero-order chi connectivity index (χ0) is 15.7. The van der Waals surface area contributed by atoms with Crippen molar-refractivity contribution < 1.29 is 13.5 Å². The molecule has 0 amide bonds. The van der Waals surface area contributed by atoms with Crippen LogP contribution in [0.1, 0.15) is 18.4 Å². The lowest BCUT2D eigenvalue weighted by Gasteiger charge is -2.34.